The van der Waals surface area contributed by atoms with Crippen molar-refractivity contribution >= 4 is 23.2 Å². The van der Waals surface area contributed by atoms with Crippen molar-refractivity contribution in [3.05, 3.63) is 46.7 Å². The molecule has 0 saturated heterocycles. The average molecular weight is 285 g/mol. The lowest BCUT2D eigenvalue weighted by atomic mass is 10.2. The monoisotopic (exact) mass is 284 g/mol. The minimum atomic E-state index is 0.390. The van der Waals surface area contributed by atoms with Gasteiger partial charge < -0.3 is 4.74 Å². The fraction of sp³-hybridized carbons (Fsp3) is 0.308. The molecule has 0 bridgehead atoms. The van der Waals surface area contributed by atoms with Crippen molar-refractivity contribution in [1.82, 2.24) is 9.78 Å². The molecule has 2 aromatic rings. The van der Waals surface area contributed by atoms with Crippen LogP contribution in [0, 0.1) is 0 Å². The Hall–Kier alpha value is -1.19. The molecule has 0 aliphatic heterocycles. The van der Waals surface area contributed by atoms with Crippen molar-refractivity contribution in [3.63, 3.8) is 0 Å². The topological polar surface area (TPSA) is 27.1 Å². The van der Waals surface area contributed by atoms with Crippen LogP contribution < -0.4 is 4.74 Å². The summed E-state index contributed by atoms with van der Waals surface area (Å²) >= 11 is 12.0. The van der Waals surface area contributed by atoms with Crippen molar-refractivity contribution in [1.29, 1.82) is 0 Å². The molecule has 3 nitrogen and oxygen atoms in total. The van der Waals surface area contributed by atoms with Gasteiger partial charge in [-0.3, -0.25) is 4.68 Å². The van der Waals surface area contributed by atoms with Gasteiger partial charge in [-0.05, 0) is 12.1 Å². The van der Waals surface area contributed by atoms with Crippen molar-refractivity contribution in [2.75, 3.05) is 6.61 Å². The Morgan fingerprint density at radius 2 is 2.17 bits per heavy atom. The highest BCUT2D eigenvalue weighted by Gasteiger charge is 2.08. The average Bonchev–Trinajstić information content (AvgIpc) is 2.77. The molecule has 2 rings (SSSR count). The summed E-state index contributed by atoms with van der Waals surface area (Å²) in [5.74, 6) is 1.07. The van der Waals surface area contributed by atoms with E-state index in [9.17, 15) is 0 Å². The lowest BCUT2D eigenvalue weighted by Crippen LogP contribution is -2.07. The van der Waals surface area contributed by atoms with E-state index >= 15 is 0 Å². The minimum absolute atomic E-state index is 0.390. The van der Waals surface area contributed by atoms with Gasteiger partial charge in [0, 0.05) is 30.9 Å². The van der Waals surface area contributed by atoms with Gasteiger partial charge in [-0.15, -0.1) is 11.6 Å². The first kappa shape index (κ1) is 13.2. The third kappa shape index (κ3) is 2.98. The number of aromatic nitrogens is 2. The Bertz CT molecular complexity index is 525. The number of para-hydroxylation sites is 1. The van der Waals surface area contributed by atoms with Crippen LogP contribution in [0.5, 0.6) is 5.75 Å². The third-order valence-corrected chi connectivity index (χ3v) is 3.31. The Labute approximate surface area is 116 Å². The van der Waals surface area contributed by atoms with Crippen LogP contribution in [0.2, 0.25) is 5.02 Å². The zero-order valence-corrected chi connectivity index (χ0v) is 11.6. The Morgan fingerprint density at radius 1 is 1.33 bits per heavy atom. The number of rotatable bonds is 5. The molecule has 1 aromatic heterocycles. The van der Waals surface area contributed by atoms with Gasteiger partial charge in [-0.2, -0.15) is 5.10 Å². The van der Waals surface area contributed by atoms with Crippen molar-refractivity contribution in [2.24, 2.45) is 7.05 Å². The van der Waals surface area contributed by atoms with Crippen LogP contribution in [-0.4, -0.2) is 16.4 Å². The number of benzene rings is 1. The molecule has 5 heteroatoms. The molecule has 1 aromatic carbocycles. The second kappa shape index (κ2) is 6.12. The molecule has 0 spiro atoms. The van der Waals surface area contributed by atoms with Gasteiger partial charge >= 0.3 is 0 Å². The molecule has 0 fully saturated rings. The molecule has 0 aliphatic rings. The normalized spacial score (nSPS) is 10.6. The van der Waals surface area contributed by atoms with E-state index in [0.717, 1.165) is 17.7 Å². The Balaban J connectivity index is 2.00. The van der Waals surface area contributed by atoms with E-state index in [1.54, 1.807) is 12.3 Å². The fourth-order valence-electron chi connectivity index (χ4n) is 1.72. The van der Waals surface area contributed by atoms with Crippen LogP contribution in [0.15, 0.2) is 30.5 Å². The molecule has 96 valence electrons. The number of hydrogen-bond donors (Lipinski definition) is 0. The molecule has 0 radical (unpaired) electrons. The predicted molar refractivity (Wildman–Crippen MR) is 73.4 cm³/mol. The number of halogens is 2. The molecule has 0 aliphatic carbocycles. The first-order valence-corrected chi connectivity index (χ1v) is 6.56. The molecule has 0 N–H and O–H groups in total. The van der Waals surface area contributed by atoms with E-state index in [2.05, 4.69) is 5.10 Å². The summed E-state index contributed by atoms with van der Waals surface area (Å²) < 4.78 is 7.56. The van der Waals surface area contributed by atoms with E-state index in [1.165, 1.54) is 0 Å². The molecule has 0 saturated carbocycles. The second-order valence-corrected chi connectivity index (χ2v) is 4.58. The summed E-state index contributed by atoms with van der Waals surface area (Å²) in [6.45, 7) is 0.549. The van der Waals surface area contributed by atoms with Gasteiger partial charge in [0.1, 0.15) is 5.75 Å². The van der Waals surface area contributed by atoms with Gasteiger partial charge in [0.2, 0.25) is 0 Å². The molecule has 1 heterocycles. The molecule has 0 amide bonds. The van der Waals surface area contributed by atoms with E-state index in [1.807, 2.05) is 29.9 Å². The lowest BCUT2D eigenvalue weighted by molar-refractivity contribution is 0.316. The summed E-state index contributed by atoms with van der Waals surface area (Å²) in [6.07, 6.45) is 2.55. The highest BCUT2D eigenvalue weighted by atomic mass is 35.5. The number of hydrogen-bond acceptors (Lipinski definition) is 2. The number of aryl methyl sites for hydroxylation is 1. The molecule has 18 heavy (non-hydrogen) atoms. The van der Waals surface area contributed by atoms with Crippen LogP contribution in [0.1, 0.15) is 11.3 Å². The summed E-state index contributed by atoms with van der Waals surface area (Å²) in [7, 11) is 1.91. The Morgan fingerprint density at radius 3 is 2.83 bits per heavy atom. The van der Waals surface area contributed by atoms with Crippen LogP contribution in [0.4, 0.5) is 0 Å². The van der Waals surface area contributed by atoms with Gasteiger partial charge in [-0.25, -0.2) is 0 Å². The SMILES string of the molecule is Cn1nccc1CCOc1c(Cl)cccc1CCl. The quantitative estimate of drug-likeness (QED) is 0.787. The number of alkyl halides is 1. The van der Waals surface area contributed by atoms with Crippen molar-refractivity contribution in [2.45, 2.75) is 12.3 Å². The van der Waals surface area contributed by atoms with E-state index < -0.39 is 0 Å². The lowest BCUT2D eigenvalue weighted by Gasteiger charge is -2.11. The summed E-state index contributed by atoms with van der Waals surface area (Å²) in [5, 5.41) is 4.70. The standard InChI is InChI=1S/C13H14Cl2N2O/c1-17-11(5-7-16-17)6-8-18-13-10(9-14)3-2-4-12(13)15/h2-5,7H,6,8-9H2,1H3. The van der Waals surface area contributed by atoms with Crippen molar-refractivity contribution in [3.8, 4) is 5.75 Å². The Kier molecular flexibility index (Phi) is 4.50. The highest BCUT2D eigenvalue weighted by Crippen LogP contribution is 2.29. The van der Waals surface area contributed by atoms with Gasteiger partial charge in [-0.1, -0.05) is 23.7 Å². The van der Waals surface area contributed by atoms with Gasteiger partial charge in [0.15, 0.2) is 0 Å². The van der Waals surface area contributed by atoms with Crippen LogP contribution in [0.3, 0.4) is 0 Å². The largest absolute Gasteiger partial charge is 0.491 e. The summed E-state index contributed by atoms with van der Waals surface area (Å²) in [6, 6.07) is 7.56. The molecule has 0 atom stereocenters. The smallest absolute Gasteiger partial charge is 0.142 e. The second-order valence-electron chi connectivity index (χ2n) is 3.91. The van der Waals surface area contributed by atoms with E-state index in [-0.39, 0.29) is 0 Å². The summed E-state index contributed by atoms with van der Waals surface area (Å²) in [4.78, 5) is 0. The first-order chi connectivity index (χ1) is 8.72. The number of ether oxygens (including phenoxy) is 1. The number of nitrogens with zero attached hydrogens (tertiary/aromatic N) is 2. The van der Waals surface area contributed by atoms with E-state index in [0.29, 0.717) is 23.3 Å². The van der Waals surface area contributed by atoms with Crippen LogP contribution in [-0.2, 0) is 19.3 Å². The molecular formula is C13H14Cl2N2O. The van der Waals surface area contributed by atoms with Crippen molar-refractivity contribution < 1.29 is 4.74 Å². The maximum absolute atomic E-state index is 6.10. The van der Waals surface area contributed by atoms with Gasteiger partial charge in [0.05, 0.1) is 17.5 Å². The third-order valence-electron chi connectivity index (χ3n) is 2.72. The van der Waals surface area contributed by atoms with Crippen LogP contribution in [0.25, 0.3) is 0 Å². The zero-order chi connectivity index (χ0) is 13.0. The predicted octanol–water partition coefficient (Wildman–Crippen LogP) is 3.43. The van der Waals surface area contributed by atoms with Gasteiger partial charge in [0.25, 0.3) is 0 Å². The molecular weight excluding hydrogens is 271 g/mol. The van der Waals surface area contributed by atoms with Crippen LogP contribution >= 0.6 is 23.2 Å². The minimum Gasteiger partial charge on any atom is -0.491 e. The highest BCUT2D eigenvalue weighted by molar-refractivity contribution is 6.32. The molecule has 0 unspecified atom stereocenters. The zero-order valence-electron chi connectivity index (χ0n) is 10.1. The first-order valence-electron chi connectivity index (χ1n) is 5.65. The van der Waals surface area contributed by atoms with E-state index in [4.69, 9.17) is 27.9 Å². The maximum Gasteiger partial charge on any atom is 0.142 e. The summed E-state index contributed by atoms with van der Waals surface area (Å²) in [5.41, 5.74) is 2.03. The maximum atomic E-state index is 6.10. The fourth-order valence-corrected chi connectivity index (χ4v) is 2.18.